The van der Waals surface area contributed by atoms with Gasteiger partial charge in [0, 0.05) is 18.6 Å². The SMILES string of the molecule is CC(C)CNCCCC(C)N(CC(C)C)C(C)C. The van der Waals surface area contributed by atoms with Crippen molar-refractivity contribution in [3.8, 4) is 0 Å². The molecule has 0 saturated carbocycles. The molecular weight excluding hydrogens is 220 g/mol. The third kappa shape index (κ3) is 8.93. The summed E-state index contributed by atoms with van der Waals surface area (Å²) in [5.41, 5.74) is 0. The van der Waals surface area contributed by atoms with Crippen LogP contribution in [-0.4, -0.2) is 36.6 Å². The van der Waals surface area contributed by atoms with Crippen LogP contribution in [0.2, 0.25) is 0 Å². The van der Waals surface area contributed by atoms with Crippen molar-refractivity contribution in [2.45, 2.75) is 73.4 Å². The van der Waals surface area contributed by atoms with Crippen molar-refractivity contribution in [1.29, 1.82) is 0 Å². The van der Waals surface area contributed by atoms with E-state index in [1.54, 1.807) is 0 Å². The minimum Gasteiger partial charge on any atom is -0.316 e. The summed E-state index contributed by atoms with van der Waals surface area (Å²) in [5, 5.41) is 3.53. The maximum atomic E-state index is 3.53. The van der Waals surface area contributed by atoms with Crippen LogP contribution in [0.5, 0.6) is 0 Å². The molecule has 0 spiro atoms. The van der Waals surface area contributed by atoms with Gasteiger partial charge in [-0.15, -0.1) is 0 Å². The zero-order chi connectivity index (χ0) is 14.1. The number of nitrogens with one attached hydrogen (secondary N) is 1. The Bertz CT molecular complexity index is 188. The third-order valence-electron chi connectivity index (χ3n) is 3.33. The molecule has 0 amide bonds. The molecule has 2 heteroatoms. The van der Waals surface area contributed by atoms with Crippen molar-refractivity contribution in [2.24, 2.45) is 11.8 Å². The molecule has 0 aliphatic heterocycles. The Morgan fingerprint density at radius 3 is 1.94 bits per heavy atom. The molecule has 0 aromatic heterocycles. The average molecular weight is 256 g/mol. The lowest BCUT2D eigenvalue weighted by atomic mass is 10.1. The van der Waals surface area contributed by atoms with Crippen molar-refractivity contribution in [2.75, 3.05) is 19.6 Å². The van der Waals surface area contributed by atoms with Crippen LogP contribution in [0.15, 0.2) is 0 Å². The van der Waals surface area contributed by atoms with Gasteiger partial charge >= 0.3 is 0 Å². The van der Waals surface area contributed by atoms with Gasteiger partial charge in [-0.1, -0.05) is 27.7 Å². The van der Waals surface area contributed by atoms with Gasteiger partial charge in [0.25, 0.3) is 0 Å². The Morgan fingerprint density at radius 2 is 1.50 bits per heavy atom. The van der Waals surface area contributed by atoms with E-state index in [0.717, 1.165) is 24.9 Å². The Balaban J connectivity index is 3.85. The van der Waals surface area contributed by atoms with Crippen molar-refractivity contribution in [3.05, 3.63) is 0 Å². The summed E-state index contributed by atoms with van der Waals surface area (Å²) in [7, 11) is 0. The summed E-state index contributed by atoms with van der Waals surface area (Å²) in [5.74, 6) is 1.52. The lowest BCUT2D eigenvalue weighted by Crippen LogP contribution is -2.41. The van der Waals surface area contributed by atoms with Crippen molar-refractivity contribution >= 4 is 0 Å². The first kappa shape index (κ1) is 17.9. The highest BCUT2D eigenvalue weighted by molar-refractivity contribution is 4.72. The molecule has 0 aromatic rings. The summed E-state index contributed by atoms with van der Waals surface area (Å²) < 4.78 is 0. The molecule has 0 rings (SSSR count). The summed E-state index contributed by atoms with van der Waals surface area (Å²) in [6.45, 7) is 19.7. The van der Waals surface area contributed by atoms with Gasteiger partial charge in [-0.2, -0.15) is 0 Å². The highest BCUT2D eigenvalue weighted by Crippen LogP contribution is 2.13. The smallest absolute Gasteiger partial charge is 0.00702 e. The van der Waals surface area contributed by atoms with Crippen LogP contribution >= 0.6 is 0 Å². The first-order chi connectivity index (χ1) is 8.34. The fourth-order valence-corrected chi connectivity index (χ4v) is 2.40. The zero-order valence-corrected chi connectivity index (χ0v) is 13.8. The molecule has 0 aromatic carbocycles. The summed E-state index contributed by atoms with van der Waals surface area (Å²) in [6, 6.07) is 1.36. The zero-order valence-electron chi connectivity index (χ0n) is 13.8. The molecule has 0 radical (unpaired) electrons. The highest BCUT2D eigenvalue weighted by Gasteiger charge is 2.17. The van der Waals surface area contributed by atoms with E-state index in [4.69, 9.17) is 0 Å². The third-order valence-corrected chi connectivity index (χ3v) is 3.33. The van der Waals surface area contributed by atoms with Crippen LogP contribution < -0.4 is 5.32 Å². The second kappa shape index (κ2) is 9.80. The Kier molecular flexibility index (Phi) is 9.76. The first-order valence-electron chi connectivity index (χ1n) is 7.81. The van der Waals surface area contributed by atoms with Crippen molar-refractivity contribution in [3.63, 3.8) is 0 Å². The fraction of sp³-hybridized carbons (Fsp3) is 1.00. The fourth-order valence-electron chi connectivity index (χ4n) is 2.40. The van der Waals surface area contributed by atoms with Crippen LogP contribution in [0.25, 0.3) is 0 Å². The molecule has 0 fully saturated rings. The lowest BCUT2D eigenvalue weighted by molar-refractivity contribution is 0.136. The normalized spacial score (nSPS) is 14.2. The first-order valence-corrected chi connectivity index (χ1v) is 7.81. The van der Waals surface area contributed by atoms with E-state index in [1.807, 2.05) is 0 Å². The van der Waals surface area contributed by atoms with Gasteiger partial charge in [-0.3, -0.25) is 4.90 Å². The minimum atomic E-state index is 0.658. The molecule has 110 valence electrons. The van der Waals surface area contributed by atoms with Crippen molar-refractivity contribution in [1.82, 2.24) is 10.2 Å². The molecular formula is C16H36N2. The van der Waals surface area contributed by atoms with E-state index in [-0.39, 0.29) is 0 Å². The molecule has 2 nitrogen and oxygen atoms in total. The summed E-state index contributed by atoms with van der Waals surface area (Å²) >= 11 is 0. The topological polar surface area (TPSA) is 15.3 Å². The van der Waals surface area contributed by atoms with Gasteiger partial charge in [0.05, 0.1) is 0 Å². The van der Waals surface area contributed by atoms with Gasteiger partial charge in [-0.25, -0.2) is 0 Å². The molecule has 0 aliphatic carbocycles. The largest absolute Gasteiger partial charge is 0.316 e. The molecule has 1 unspecified atom stereocenters. The average Bonchev–Trinajstić information content (AvgIpc) is 2.24. The summed E-state index contributed by atoms with van der Waals surface area (Å²) in [6.07, 6.45) is 2.59. The number of rotatable bonds is 10. The van der Waals surface area contributed by atoms with E-state index in [9.17, 15) is 0 Å². The van der Waals surface area contributed by atoms with Crippen LogP contribution in [0, 0.1) is 11.8 Å². The van der Waals surface area contributed by atoms with Crippen LogP contribution in [0.4, 0.5) is 0 Å². The molecule has 1 atom stereocenters. The number of hydrogen-bond acceptors (Lipinski definition) is 2. The second-order valence-corrected chi connectivity index (χ2v) is 6.77. The van der Waals surface area contributed by atoms with E-state index in [0.29, 0.717) is 12.1 Å². The van der Waals surface area contributed by atoms with Gasteiger partial charge in [0.15, 0.2) is 0 Å². The highest BCUT2D eigenvalue weighted by atomic mass is 15.2. The van der Waals surface area contributed by atoms with E-state index in [1.165, 1.54) is 19.4 Å². The Hall–Kier alpha value is -0.0800. The molecule has 0 saturated heterocycles. The standard InChI is InChI=1S/C16H36N2/c1-13(2)11-17-10-8-9-16(7)18(15(5)6)12-14(3)4/h13-17H,8-12H2,1-7H3. The van der Waals surface area contributed by atoms with Gasteiger partial charge in [-0.05, 0) is 58.5 Å². The van der Waals surface area contributed by atoms with Crippen LogP contribution in [0.3, 0.4) is 0 Å². The molecule has 0 aliphatic rings. The Morgan fingerprint density at radius 1 is 0.889 bits per heavy atom. The van der Waals surface area contributed by atoms with E-state index < -0.39 is 0 Å². The van der Waals surface area contributed by atoms with E-state index in [2.05, 4.69) is 58.7 Å². The molecule has 18 heavy (non-hydrogen) atoms. The predicted octanol–water partition coefficient (Wildman–Crippen LogP) is 3.77. The quantitative estimate of drug-likeness (QED) is 0.599. The van der Waals surface area contributed by atoms with Gasteiger partial charge in [0.2, 0.25) is 0 Å². The second-order valence-electron chi connectivity index (χ2n) is 6.77. The Labute approximate surface area is 116 Å². The maximum Gasteiger partial charge on any atom is 0.00702 e. The van der Waals surface area contributed by atoms with Crippen molar-refractivity contribution < 1.29 is 0 Å². The van der Waals surface area contributed by atoms with Crippen LogP contribution in [0.1, 0.15) is 61.3 Å². The monoisotopic (exact) mass is 256 g/mol. The van der Waals surface area contributed by atoms with E-state index >= 15 is 0 Å². The number of nitrogens with zero attached hydrogens (tertiary/aromatic N) is 1. The number of hydrogen-bond donors (Lipinski definition) is 1. The lowest BCUT2D eigenvalue weighted by Gasteiger charge is -2.34. The maximum absolute atomic E-state index is 3.53. The van der Waals surface area contributed by atoms with Gasteiger partial charge < -0.3 is 5.32 Å². The van der Waals surface area contributed by atoms with Crippen LogP contribution in [-0.2, 0) is 0 Å². The predicted molar refractivity (Wildman–Crippen MR) is 83.1 cm³/mol. The minimum absolute atomic E-state index is 0.658. The molecule has 0 heterocycles. The summed E-state index contributed by atoms with van der Waals surface area (Å²) in [4.78, 5) is 2.65. The molecule has 0 bridgehead atoms. The van der Waals surface area contributed by atoms with Gasteiger partial charge in [0.1, 0.15) is 0 Å². The molecule has 1 N–H and O–H groups in total.